The lowest BCUT2D eigenvalue weighted by molar-refractivity contribution is -0.0353. The zero-order valence-electron chi connectivity index (χ0n) is 11.2. The molecule has 0 radical (unpaired) electrons. The molecule has 0 aliphatic heterocycles. The van der Waals surface area contributed by atoms with Crippen molar-refractivity contribution in [2.24, 2.45) is 11.8 Å². The molecule has 0 spiro atoms. The maximum Gasteiger partial charge on any atom is 0.125 e. The van der Waals surface area contributed by atoms with Crippen molar-refractivity contribution < 1.29 is 14.2 Å². The van der Waals surface area contributed by atoms with E-state index < -0.39 is 5.60 Å². The molecule has 3 atom stereocenters. The molecule has 0 aromatic heterocycles. The Morgan fingerprint density at radius 2 is 2.06 bits per heavy atom. The zero-order valence-corrected chi connectivity index (χ0v) is 11.2. The molecule has 0 amide bonds. The molecule has 3 unspecified atom stereocenters. The number of halogens is 1. The second-order valence-corrected chi connectivity index (χ2v) is 5.57. The van der Waals surface area contributed by atoms with Gasteiger partial charge in [-0.05, 0) is 49.3 Å². The van der Waals surface area contributed by atoms with Gasteiger partial charge in [-0.3, -0.25) is 0 Å². The van der Waals surface area contributed by atoms with Crippen molar-refractivity contribution >= 4 is 0 Å². The van der Waals surface area contributed by atoms with E-state index in [1.54, 1.807) is 13.2 Å². The maximum atomic E-state index is 13.4. The normalized spacial score (nSPS) is 32.3. The minimum Gasteiger partial charge on any atom is -0.496 e. The van der Waals surface area contributed by atoms with E-state index in [-0.39, 0.29) is 5.82 Å². The molecule has 3 heteroatoms. The second-order valence-electron chi connectivity index (χ2n) is 5.57. The second kappa shape index (κ2) is 4.88. The van der Waals surface area contributed by atoms with E-state index in [1.807, 2.05) is 0 Å². The van der Waals surface area contributed by atoms with Gasteiger partial charge in [0.2, 0.25) is 0 Å². The highest BCUT2D eigenvalue weighted by molar-refractivity contribution is 5.39. The molecule has 18 heavy (non-hydrogen) atoms. The Balaban J connectivity index is 2.37. The molecular formula is C15H21FO2. The molecular weight excluding hydrogens is 231 g/mol. The Hall–Kier alpha value is -1.09. The summed E-state index contributed by atoms with van der Waals surface area (Å²) in [6.07, 6.45) is 2.28. The van der Waals surface area contributed by atoms with Crippen LogP contribution in [-0.4, -0.2) is 12.2 Å². The van der Waals surface area contributed by atoms with Crippen molar-refractivity contribution in [2.75, 3.05) is 7.11 Å². The molecule has 2 rings (SSSR count). The van der Waals surface area contributed by atoms with Crippen LogP contribution in [-0.2, 0) is 5.60 Å². The largest absolute Gasteiger partial charge is 0.496 e. The standard InChI is InChI=1S/C15H21FO2/c1-10-6-7-15(17,9-11(10)2)13-8-12(16)4-5-14(13)18-3/h4-5,8,10-11,17H,6-7,9H2,1-3H3. The van der Waals surface area contributed by atoms with Gasteiger partial charge in [0.05, 0.1) is 12.7 Å². The van der Waals surface area contributed by atoms with Crippen LogP contribution < -0.4 is 4.74 Å². The first-order valence-electron chi connectivity index (χ1n) is 6.52. The number of hydrogen-bond donors (Lipinski definition) is 1. The van der Waals surface area contributed by atoms with Crippen molar-refractivity contribution in [1.29, 1.82) is 0 Å². The van der Waals surface area contributed by atoms with Crippen LogP contribution >= 0.6 is 0 Å². The maximum absolute atomic E-state index is 13.4. The molecule has 100 valence electrons. The summed E-state index contributed by atoms with van der Waals surface area (Å²) in [5, 5.41) is 10.8. The van der Waals surface area contributed by atoms with Crippen molar-refractivity contribution in [3.63, 3.8) is 0 Å². The average molecular weight is 252 g/mol. The molecule has 0 bridgehead atoms. The lowest BCUT2D eigenvalue weighted by atomic mass is 9.70. The van der Waals surface area contributed by atoms with Crippen LogP contribution in [0.4, 0.5) is 4.39 Å². The molecule has 2 nitrogen and oxygen atoms in total. The summed E-state index contributed by atoms with van der Waals surface area (Å²) in [6, 6.07) is 4.35. The molecule has 1 aromatic carbocycles. The van der Waals surface area contributed by atoms with Crippen molar-refractivity contribution in [2.45, 2.75) is 38.7 Å². The van der Waals surface area contributed by atoms with Gasteiger partial charge in [0.25, 0.3) is 0 Å². The van der Waals surface area contributed by atoms with Gasteiger partial charge in [-0.2, -0.15) is 0 Å². The van der Waals surface area contributed by atoms with Gasteiger partial charge in [0.1, 0.15) is 11.6 Å². The lowest BCUT2D eigenvalue weighted by Crippen LogP contribution is -2.35. The molecule has 1 fully saturated rings. The summed E-state index contributed by atoms with van der Waals surface area (Å²) in [5.41, 5.74) is -0.372. The number of hydrogen-bond acceptors (Lipinski definition) is 2. The Bertz CT molecular complexity index is 433. The fourth-order valence-corrected chi connectivity index (χ4v) is 2.88. The van der Waals surface area contributed by atoms with E-state index in [9.17, 15) is 9.50 Å². The highest BCUT2D eigenvalue weighted by Gasteiger charge is 2.39. The molecule has 0 saturated heterocycles. The van der Waals surface area contributed by atoms with Gasteiger partial charge in [-0.25, -0.2) is 4.39 Å². The van der Waals surface area contributed by atoms with E-state index >= 15 is 0 Å². The number of benzene rings is 1. The SMILES string of the molecule is COc1ccc(F)cc1C1(O)CCC(C)C(C)C1. The van der Waals surface area contributed by atoms with Gasteiger partial charge in [-0.1, -0.05) is 13.8 Å². The number of aliphatic hydroxyl groups is 1. The van der Waals surface area contributed by atoms with Gasteiger partial charge < -0.3 is 9.84 Å². The summed E-state index contributed by atoms with van der Waals surface area (Å²) < 4.78 is 18.7. The van der Waals surface area contributed by atoms with Crippen LogP contribution in [0.2, 0.25) is 0 Å². The summed E-state index contributed by atoms with van der Waals surface area (Å²) in [7, 11) is 1.55. The predicted molar refractivity (Wildman–Crippen MR) is 69.0 cm³/mol. The Morgan fingerprint density at radius 3 is 2.67 bits per heavy atom. The first kappa shape index (κ1) is 13.3. The quantitative estimate of drug-likeness (QED) is 0.873. The summed E-state index contributed by atoms with van der Waals surface area (Å²) >= 11 is 0. The third-order valence-corrected chi connectivity index (χ3v) is 4.31. The van der Waals surface area contributed by atoms with Crippen LogP contribution in [0.5, 0.6) is 5.75 Å². The first-order valence-corrected chi connectivity index (χ1v) is 6.52. The highest BCUT2D eigenvalue weighted by atomic mass is 19.1. The minimum atomic E-state index is -0.959. The third kappa shape index (κ3) is 2.37. The van der Waals surface area contributed by atoms with Crippen molar-refractivity contribution in [1.82, 2.24) is 0 Å². The lowest BCUT2D eigenvalue weighted by Gasteiger charge is -2.40. The van der Waals surface area contributed by atoms with E-state index in [2.05, 4.69) is 13.8 Å². The highest BCUT2D eigenvalue weighted by Crippen LogP contribution is 2.45. The van der Waals surface area contributed by atoms with Crippen LogP contribution in [0.25, 0.3) is 0 Å². The van der Waals surface area contributed by atoms with Crippen LogP contribution in [0.15, 0.2) is 18.2 Å². The molecule has 1 saturated carbocycles. The van der Waals surface area contributed by atoms with Gasteiger partial charge in [-0.15, -0.1) is 0 Å². The topological polar surface area (TPSA) is 29.5 Å². The summed E-state index contributed by atoms with van der Waals surface area (Å²) in [5.74, 6) is 1.27. The van der Waals surface area contributed by atoms with Crippen molar-refractivity contribution in [3.8, 4) is 5.75 Å². The monoisotopic (exact) mass is 252 g/mol. The Morgan fingerprint density at radius 1 is 1.33 bits per heavy atom. The van der Waals surface area contributed by atoms with E-state index in [0.29, 0.717) is 36.0 Å². The Labute approximate surface area is 108 Å². The fraction of sp³-hybridized carbons (Fsp3) is 0.600. The minimum absolute atomic E-state index is 0.328. The molecule has 1 N–H and O–H groups in total. The molecule has 1 aromatic rings. The van der Waals surface area contributed by atoms with Crippen LogP contribution in [0, 0.1) is 17.7 Å². The zero-order chi connectivity index (χ0) is 13.3. The van der Waals surface area contributed by atoms with E-state index in [4.69, 9.17) is 4.74 Å². The predicted octanol–water partition coefficient (Wildman–Crippen LogP) is 3.48. The van der Waals surface area contributed by atoms with Crippen LogP contribution in [0.3, 0.4) is 0 Å². The smallest absolute Gasteiger partial charge is 0.125 e. The van der Waals surface area contributed by atoms with Gasteiger partial charge >= 0.3 is 0 Å². The molecule has 1 aliphatic carbocycles. The summed E-state index contributed by atoms with van der Waals surface area (Å²) in [4.78, 5) is 0. The fourth-order valence-electron chi connectivity index (χ4n) is 2.88. The number of methoxy groups -OCH3 is 1. The van der Waals surface area contributed by atoms with E-state index in [0.717, 1.165) is 6.42 Å². The average Bonchev–Trinajstić information content (AvgIpc) is 2.34. The van der Waals surface area contributed by atoms with Gasteiger partial charge in [0, 0.05) is 5.56 Å². The van der Waals surface area contributed by atoms with E-state index in [1.165, 1.54) is 12.1 Å². The first-order chi connectivity index (χ1) is 8.46. The molecule has 1 aliphatic rings. The van der Waals surface area contributed by atoms with Crippen molar-refractivity contribution in [3.05, 3.63) is 29.6 Å². The van der Waals surface area contributed by atoms with Gasteiger partial charge in [0.15, 0.2) is 0 Å². The third-order valence-electron chi connectivity index (χ3n) is 4.31. The summed E-state index contributed by atoms with van der Waals surface area (Å²) in [6.45, 7) is 4.34. The number of rotatable bonds is 2. The number of ether oxygens (including phenoxy) is 1. The molecule has 0 heterocycles. The van der Waals surface area contributed by atoms with Crippen LogP contribution in [0.1, 0.15) is 38.7 Å². The Kier molecular flexibility index (Phi) is 3.62.